The van der Waals surface area contributed by atoms with Gasteiger partial charge in [0.15, 0.2) is 11.5 Å². The number of benzene rings is 2. The Morgan fingerprint density at radius 1 is 1.12 bits per heavy atom. The molecule has 0 unspecified atom stereocenters. The minimum absolute atomic E-state index is 0.0319. The Hall–Kier alpha value is -2.72. The van der Waals surface area contributed by atoms with E-state index in [1.165, 1.54) is 18.5 Å². The van der Waals surface area contributed by atoms with Crippen molar-refractivity contribution < 1.29 is 23.3 Å². The van der Waals surface area contributed by atoms with E-state index >= 15 is 0 Å². The summed E-state index contributed by atoms with van der Waals surface area (Å²) in [4.78, 5) is 11.0. The molecule has 8 nitrogen and oxygen atoms in total. The predicted octanol–water partition coefficient (Wildman–Crippen LogP) is 4.04. The second-order valence-electron chi connectivity index (χ2n) is 8.28. The number of nitrogens with one attached hydrogen (secondary N) is 1. The lowest BCUT2D eigenvalue weighted by Gasteiger charge is -2.24. The van der Waals surface area contributed by atoms with Crippen LogP contribution < -0.4 is 14.8 Å². The summed E-state index contributed by atoms with van der Waals surface area (Å²) < 4.78 is 36.7. The molecular formula is C24H26ClFN4O4. The molecule has 3 heterocycles. The second kappa shape index (κ2) is 10.3. The standard InChI is InChI=1S/C24H26ClFN4O4/c1-31-20-11-19-16(24(28-14-27-19)29-15-3-4-18(26)17(25)9-15)10-21(20)32-6-2-5-30-12-22-23(13-30)34-8-7-33-22/h3-4,9-11,14,22-23H,2,5-8,12-13H2,1H3,(H,27,28,29)/t22-,23-/m0/s1. The Labute approximate surface area is 201 Å². The van der Waals surface area contributed by atoms with Crippen molar-refractivity contribution in [2.24, 2.45) is 0 Å². The minimum Gasteiger partial charge on any atom is -0.493 e. The summed E-state index contributed by atoms with van der Waals surface area (Å²) in [6, 6.07) is 8.08. The molecule has 0 amide bonds. The van der Waals surface area contributed by atoms with Gasteiger partial charge in [-0.05, 0) is 30.7 Å². The number of nitrogens with zero attached hydrogens (tertiary/aromatic N) is 3. The van der Waals surface area contributed by atoms with Gasteiger partial charge in [0, 0.05) is 36.8 Å². The molecule has 1 N–H and O–H groups in total. The van der Waals surface area contributed by atoms with Gasteiger partial charge in [-0.1, -0.05) is 11.6 Å². The maximum atomic E-state index is 13.5. The van der Waals surface area contributed by atoms with E-state index in [-0.39, 0.29) is 17.2 Å². The van der Waals surface area contributed by atoms with E-state index in [2.05, 4.69) is 20.2 Å². The van der Waals surface area contributed by atoms with Crippen molar-refractivity contribution in [3.8, 4) is 11.5 Å². The van der Waals surface area contributed by atoms with Crippen LogP contribution in [0.2, 0.25) is 5.02 Å². The molecule has 2 atom stereocenters. The summed E-state index contributed by atoms with van der Waals surface area (Å²) in [6.45, 7) is 4.56. The number of halogens is 2. The highest BCUT2D eigenvalue weighted by Crippen LogP contribution is 2.35. The van der Waals surface area contributed by atoms with Crippen LogP contribution in [-0.4, -0.2) is 73.6 Å². The highest BCUT2D eigenvalue weighted by Gasteiger charge is 2.36. The van der Waals surface area contributed by atoms with Gasteiger partial charge < -0.3 is 24.3 Å². The van der Waals surface area contributed by atoms with Crippen molar-refractivity contribution in [3.63, 3.8) is 0 Å². The van der Waals surface area contributed by atoms with E-state index in [4.69, 9.17) is 30.5 Å². The van der Waals surface area contributed by atoms with Crippen LogP contribution in [0.5, 0.6) is 11.5 Å². The molecule has 0 aliphatic carbocycles. The fraction of sp³-hybridized carbons (Fsp3) is 0.417. The van der Waals surface area contributed by atoms with E-state index in [1.807, 2.05) is 12.1 Å². The Balaban J connectivity index is 1.27. The maximum absolute atomic E-state index is 13.5. The zero-order valence-corrected chi connectivity index (χ0v) is 19.6. The van der Waals surface area contributed by atoms with Crippen LogP contribution in [0.1, 0.15) is 6.42 Å². The number of ether oxygens (including phenoxy) is 4. The van der Waals surface area contributed by atoms with E-state index in [9.17, 15) is 4.39 Å². The first-order valence-corrected chi connectivity index (χ1v) is 11.6. The van der Waals surface area contributed by atoms with Gasteiger partial charge in [-0.15, -0.1) is 0 Å². The van der Waals surface area contributed by atoms with Gasteiger partial charge in [0.05, 0.1) is 49.7 Å². The van der Waals surface area contributed by atoms with Crippen LogP contribution in [-0.2, 0) is 9.47 Å². The molecular weight excluding hydrogens is 463 g/mol. The molecule has 2 saturated heterocycles. The van der Waals surface area contributed by atoms with E-state index in [0.29, 0.717) is 48.3 Å². The van der Waals surface area contributed by atoms with Crippen LogP contribution in [0.15, 0.2) is 36.7 Å². The van der Waals surface area contributed by atoms with Gasteiger partial charge in [0.1, 0.15) is 18.0 Å². The lowest BCUT2D eigenvalue weighted by molar-refractivity contribution is -0.116. The number of hydrogen-bond acceptors (Lipinski definition) is 8. The molecule has 5 rings (SSSR count). The molecule has 2 aliphatic heterocycles. The number of anilines is 2. The maximum Gasteiger partial charge on any atom is 0.162 e. The Morgan fingerprint density at radius 3 is 2.65 bits per heavy atom. The van der Waals surface area contributed by atoms with Crippen molar-refractivity contribution >= 4 is 34.0 Å². The Bertz CT molecular complexity index is 1150. The van der Waals surface area contributed by atoms with E-state index in [0.717, 1.165) is 31.4 Å². The zero-order valence-electron chi connectivity index (χ0n) is 18.8. The molecule has 0 radical (unpaired) electrons. The van der Waals surface area contributed by atoms with Crippen molar-refractivity contribution in [1.29, 1.82) is 0 Å². The number of likely N-dealkylation sites (tertiary alicyclic amines) is 1. The second-order valence-corrected chi connectivity index (χ2v) is 8.68. The monoisotopic (exact) mass is 488 g/mol. The van der Waals surface area contributed by atoms with Gasteiger partial charge in [-0.3, -0.25) is 4.90 Å². The average Bonchev–Trinajstić information content (AvgIpc) is 3.27. The topological polar surface area (TPSA) is 78.0 Å². The molecule has 0 saturated carbocycles. The molecule has 10 heteroatoms. The predicted molar refractivity (Wildman–Crippen MR) is 127 cm³/mol. The van der Waals surface area contributed by atoms with Gasteiger partial charge in [0.25, 0.3) is 0 Å². The van der Waals surface area contributed by atoms with Crippen molar-refractivity contribution in [2.75, 3.05) is 51.9 Å². The third kappa shape index (κ3) is 5.02. The van der Waals surface area contributed by atoms with Crippen LogP contribution in [0.25, 0.3) is 10.9 Å². The molecule has 34 heavy (non-hydrogen) atoms. The quantitative estimate of drug-likeness (QED) is 0.476. The number of hydrogen-bond donors (Lipinski definition) is 1. The molecule has 0 bridgehead atoms. The third-order valence-electron chi connectivity index (χ3n) is 6.02. The summed E-state index contributed by atoms with van der Waals surface area (Å²) >= 11 is 5.91. The fourth-order valence-corrected chi connectivity index (χ4v) is 4.52. The highest BCUT2D eigenvalue weighted by molar-refractivity contribution is 6.31. The summed E-state index contributed by atoms with van der Waals surface area (Å²) in [5, 5.41) is 3.96. The van der Waals surface area contributed by atoms with Crippen molar-refractivity contribution in [1.82, 2.24) is 14.9 Å². The highest BCUT2D eigenvalue weighted by atomic mass is 35.5. The van der Waals surface area contributed by atoms with Crippen LogP contribution in [0, 0.1) is 5.82 Å². The zero-order chi connectivity index (χ0) is 23.5. The molecule has 2 aromatic carbocycles. The average molecular weight is 489 g/mol. The summed E-state index contributed by atoms with van der Waals surface area (Å²) in [5.74, 6) is 1.27. The van der Waals surface area contributed by atoms with Crippen LogP contribution in [0.4, 0.5) is 15.9 Å². The fourth-order valence-electron chi connectivity index (χ4n) is 4.34. The largest absolute Gasteiger partial charge is 0.493 e. The summed E-state index contributed by atoms with van der Waals surface area (Å²) in [6.07, 6.45) is 2.66. The van der Waals surface area contributed by atoms with Gasteiger partial charge in [0.2, 0.25) is 0 Å². The number of rotatable bonds is 8. The minimum atomic E-state index is -0.479. The molecule has 1 aromatic heterocycles. The number of methoxy groups -OCH3 is 1. The van der Waals surface area contributed by atoms with Gasteiger partial charge in [-0.25, -0.2) is 14.4 Å². The number of fused-ring (bicyclic) bond motifs is 2. The lowest BCUT2D eigenvalue weighted by Crippen LogP contribution is -2.36. The molecule has 0 spiro atoms. The summed E-state index contributed by atoms with van der Waals surface area (Å²) in [5.41, 5.74) is 1.30. The SMILES string of the molecule is COc1cc2ncnc(Nc3ccc(F)c(Cl)c3)c2cc1OCCCN1C[C@@H]2OCCO[C@H]2C1. The molecule has 2 fully saturated rings. The van der Waals surface area contributed by atoms with Gasteiger partial charge >= 0.3 is 0 Å². The first-order chi connectivity index (χ1) is 16.6. The first-order valence-electron chi connectivity index (χ1n) is 11.2. The Kier molecular flexibility index (Phi) is 6.96. The Morgan fingerprint density at radius 2 is 1.91 bits per heavy atom. The van der Waals surface area contributed by atoms with E-state index in [1.54, 1.807) is 13.2 Å². The lowest BCUT2D eigenvalue weighted by atomic mass is 10.2. The van der Waals surface area contributed by atoms with Crippen molar-refractivity contribution in [3.05, 3.63) is 47.5 Å². The van der Waals surface area contributed by atoms with E-state index < -0.39 is 5.82 Å². The molecule has 2 aliphatic rings. The third-order valence-corrected chi connectivity index (χ3v) is 6.31. The van der Waals surface area contributed by atoms with Crippen molar-refractivity contribution in [2.45, 2.75) is 18.6 Å². The van der Waals surface area contributed by atoms with Gasteiger partial charge in [-0.2, -0.15) is 0 Å². The number of aromatic nitrogens is 2. The molecule has 180 valence electrons. The molecule has 3 aromatic rings. The first kappa shape index (κ1) is 23.0. The smallest absolute Gasteiger partial charge is 0.162 e. The normalized spacial score (nSPS) is 20.3. The van der Waals surface area contributed by atoms with Crippen LogP contribution in [0.3, 0.4) is 0 Å². The van der Waals surface area contributed by atoms with Crippen LogP contribution >= 0.6 is 11.6 Å². The summed E-state index contributed by atoms with van der Waals surface area (Å²) in [7, 11) is 1.60.